The average Bonchev–Trinajstić information content (AvgIpc) is 2.45. The van der Waals surface area contributed by atoms with Crippen molar-refractivity contribution in [3.05, 3.63) is 34.3 Å². The molecule has 0 bridgehead atoms. The molecule has 0 aliphatic rings. The molecule has 0 aromatic heterocycles. The van der Waals surface area contributed by atoms with Crippen molar-refractivity contribution in [2.75, 3.05) is 26.7 Å². The lowest BCUT2D eigenvalue weighted by Crippen LogP contribution is -2.38. The Morgan fingerprint density at radius 1 is 1.43 bits per heavy atom. The van der Waals surface area contributed by atoms with Crippen LogP contribution in [0.1, 0.15) is 22.8 Å². The summed E-state index contributed by atoms with van der Waals surface area (Å²) < 4.78 is 0. The number of carbonyl (C=O) groups is 2. The van der Waals surface area contributed by atoms with E-state index in [-0.39, 0.29) is 24.9 Å². The quantitative estimate of drug-likeness (QED) is 0.810. The summed E-state index contributed by atoms with van der Waals surface area (Å²) in [4.78, 5) is 25.0. The lowest BCUT2D eigenvalue weighted by atomic mass is 10.1. The Kier molecular flexibility index (Phi) is 6.73. The van der Waals surface area contributed by atoms with Gasteiger partial charge in [-0.3, -0.25) is 9.59 Å². The molecule has 0 aliphatic carbocycles. The minimum Gasteiger partial charge on any atom is -0.355 e. The molecular formula is C15H18ClN3O2. The Hall–Kier alpha value is -2.03. The zero-order chi connectivity index (χ0) is 15.8. The molecule has 0 aliphatic heterocycles. The van der Waals surface area contributed by atoms with Crippen molar-refractivity contribution >= 4 is 23.4 Å². The number of hydrogen-bond donors (Lipinski definition) is 2. The van der Waals surface area contributed by atoms with E-state index in [1.165, 1.54) is 4.90 Å². The first kappa shape index (κ1) is 17.0. The molecule has 0 radical (unpaired) electrons. The van der Waals surface area contributed by atoms with Crippen molar-refractivity contribution in [3.63, 3.8) is 0 Å². The van der Waals surface area contributed by atoms with Gasteiger partial charge in [-0.05, 0) is 25.1 Å². The standard InChI is InChI=1S/C15H18ClN3O2/c1-3-18-14(20)10-19(2)15(21)12-7-6-11(5-4-8-17)13(16)9-12/h6-7,9H,3,8,10,17H2,1-2H3,(H,18,20). The van der Waals surface area contributed by atoms with Crippen LogP contribution >= 0.6 is 11.6 Å². The number of nitrogens with two attached hydrogens (primary N) is 1. The molecule has 0 heterocycles. The predicted molar refractivity (Wildman–Crippen MR) is 83.0 cm³/mol. The van der Waals surface area contributed by atoms with Gasteiger partial charge in [0, 0.05) is 24.7 Å². The highest BCUT2D eigenvalue weighted by Gasteiger charge is 2.15. The summed E-state index contributed by atoms with van der Waals surface area (Å²) in [6.07, 6.45) is 0. The summed E-state index contributed by atoms with van der Waals surface area (Å²) in [5.41, 5.74) is 6.32. The third-order valence-corrected chi connectivity index (χ3v) is 2.96. The van der Waals surface area contributed by atoms with Crippen molar-refractivity contribution in [1.82, 2.24) is 10.2 Å². The van der Waals surface area contributed by atoms with Crippen molar-refractivity contribution in [3.8, 4) is 11.8 Å². The molecule has 112 valence electrons. The third kappa shape index (κ3) is 5.10. The third-order valence-electron chi connectivity index (χ3n) is 2.64. The number of nitrogens with one attached hydrogen (secondary N) is 1. The fraction of sp³-hybridized carbons (Fsp3) is 0.333. The van der Waals surface area contributed by atoms with Crippen LogP contribution in [-0.4, -0.2) is 43.4 Å². The van der Waals surface area contributed by atoms with Gasteiger partial charge >= 0.3 is 0 Å². The number of hydrogen-bond acceptors (Lipinski definition) is 3. The summed E-state index contributed by atoms with van der Waals surface area (Å²) in [6, 6.07) is 4.83. The monoisotopic (exact) mass is 307 g/mol. The molecule has 6 heteroatoms. The largest absolute Gasteiger partial charge is 0.355 e. The summed E-state index contributed by atoms with van der Waals surface area (Å²) in [5.74, 6) is 5.04. The molecule has 0 saturated carbocycles. The SMILES string of the molecule is CCNC(=O)CN(C)C(=O)c1ccc(C#CCN)c(Cl)c1. The second-order valence-electron chi connectivity index (χ2n) is 4.32. The van der Waals surface area contributed by atoms with E-state index in [0.717, 1.165) is 0 Å². The van der Waals surface area contributed by atoms with E-state index in [4.69, 9.17) is 17.3 Å². The first-order chi connectivity index (χ1) is 9.99. The minimum absolute atomic E-state index is 0.000969. The van der Waals surface area contributed by atoms with Gasteiger partial charge in [-0.15, -0.1) is 0 Å². The van der Waals surface area contributed by atoms with E-state index in [1.807, 2.05) is 6.92 Å². The molecule has 3 N–H and O–H groups in total. The maximum atomic E-state index is 12.2. The van der Waals surface area contributed by atoms with Gasteiger partial charge in [0.25, 0.3) is 5.91 Å². The molecule has 0 spiro atoms. The second kappa shape index (κ2) is 8.30. The molecule has 0 atom stereocenters. The predicted octanol–water partition coefficient (Wildman–Crippen LogP) is 0.858. The van der Waals surface area contributed by atoms with Gasteiger partial charge in [0.1, 0.15) is 0 Å². The Morgan fingerprint density at radius 2 is 2.14 bits per heavy atom. The van der Waals surface area contributed by atoms with Crippen LogP contribution in [0.25, 0.3) is 0 Å². The van der Waals surface area contributed by atoms with Gasteiger partial charge in [0.15, 0.2) is 0 Å². The molecular weight excluding hydrogens is 290 g/mol. The number of benzene rings is 1. The normalized spacial score (nSPS) is 9.52. The molecule has 21 heavy (non-hydrogen) atoms. The average molecular weight is 308 g/mol. The minimum atomic E-state index is -0.276. The number of nitrogens with zero attached hydrogens (tertiary/aromatic N) is 1. The molecule has 5 nitrogen and oxygen atoms in total. The number of likely N-dealkylation sites (N-methyl/N-ethyl adjacent to an activating group) is 2. The fourth-order valence-electron chi connectivity index (χ4n) is 1.66. The van der Waals surface area contributed by atoms with Crippen LogP contribution in [-0.2, 0) is 4.79 Å². The van der Waals surface area contributed by atoms with Gasteiger partial charge in [0.2, 0.25) is 5.91 Å². The Bertz CT molecular complexity index is 590. The van der Waals surface area contributed by atoms with Crippen molar-refractivity contribution in [2.45, 2.75) is 6.92 Å². The van der Waals surface area contributed by atoms with Crippen LogP contribution in [0.15, 0.2) is 18.2 Å². The smallest absolute Gasteiger partial charge is 0.254 e. The van der Waals surface area contributed by atoms with Gasteiger partial charge in [0.05, 0.1) is 18.1 Å². The fourth-order valence-corrected chi connectivity index (χ4v) is 1.88. The van der Waals surface area contributed by atoms with Gasteiger partial charge < -0.3 is 16.0 Å². The van der Waals surface area contributed by atoms with Gasteiger partial charge in [-0.25, -0.2) is 0 Å². The molecule has 1 aromatic rings. The van der Waals surface area contributed by atoms with E-state index >= 15 is 0 Å². The highest BCUT2D eigenvalue weighted by Crippen LogP contribution is 2.18. The van der Waals surface area contributed by atoms with Crippen LogP contribution in [0, 0.1) is 11.8 Å². The van der Waals surface area contributed by atoms with Gasteiger partial charge in [-0.2, -0.15) is 0 Å². The van der Waals surface area contributed by atoms with E-state index in [9.17, 15) is 9.59 Å². The molecule has 1 rings (SSSR count). The van der Waals surface area contributed by atoms with E-state index in [0.29, 0.717) is 22.7 Å². The zero-order valence-electron chi connectivity index (χ0n) is 12.1. The highest BCUT2D eigenvalue weighted by molar-refractivity contribution is 6.32. The summed E-state index contributed by atoms with van der Waals surface area (Å²) in [6.45, 7) is 2.59. The zero-order valence-corrected chi connectivity index (χ0v) is 12.8. The van der Waals surface area contributed by atoms with Crippen LogP contribution in [0.4, 0.5) is 0 Å². The van der Waals surface area contributed by atoms with Crippen LogP contribution < -0.4 is 11.1 Å². The van der Waals surface area contributed by atoms with E-state index in [1.54, 1.807) is 25.2 Å². The van der Waals surface area contributed by atoms with Crippen molar-refractivity contribution in [2.24, 2.45) is 5.73 Å². The molecule has 0 fully saturated rings. The Balaban J connectivity index is 2.83. The topological polar surface area (TPSA) is 75.4 Å². The summed E-state index contributed by atoms with van der Waals surface area (Å²) >= 11 is 6.08. The summed E-state index contributed by atoms with van der Waals surface area (Å²) in [5, 5.41) is 3.02. The number of carbonyl (C=O) groups excluding carboxylic acids is 2. The number of halogens is 1. The molecule has 2 amide bonds. The van der Waals surface area contributed by atoms with Crippen LogP contribution in [0.5, 0.6) is 0 Å². The lowest BCUT2D eigenvalue weighted by Gasteiger charge is -2.16. The molecule has 0 saturated heterocycles. The summed E-state index contributed by atoms with van der Waals surface area (Å²) in [7, 11) is 1.56. The maximum Gasteiger partial charge on any atom is 0.254 e. The number of rotatable bonds is 4. The second-order valence-corrected chi connectivity index (χ2v) is 4.72. The molecule has 1 aromatic carbocycles. The Labute approximate surface area is 129 Å². The van der Waals surface area contributed by atoms with Crippen LogP contribution in [0.2, 0.25) is 5.02 Å². The van der Waals surface area contributed by atoms with E-state index in [2.05, 4.69) is 17.2 Å². The van der Waals surface area contributed by atoms with Crippen LogP contribution in [0.3, 0.4) is 0 Å². The van der Waals surface area contributed by atoms with Crippen molar-refractivity contribution < 1.29 is 9.59 Å². The maximum absolute atomic E-state index is 12.2. The van der Waals surface area contributed by atoms with Crippen molar-refractivity contribution in [1.29, 1.82) is 0 Å². The highest BCUT2D eigenvalue weighted by atomic mass is 35.5. The molecule has 0 unspecified atom stereocenters. The first-order valence-electron chi connectivity index (χ1n) is 6.50. The first-order valence-corrected chi connectivity index (χ1v) is 6.88. The lowest BCUT2D eigenvalue weighted by molar-refractivity contribution is -0.121. The van der Waals surface area contributed by atoms with Gasteiger partial charge in [-0.1, -0.05) is 23.4 Å². The van der Waals surface area contributed by atoms with E-state index < -0.39 is 0 Å². The Morgan fingerprint density at radius 3 is 2.71 bits per heavy atom. The number of amides is 2.